The Morgan fingerprint density at radius 2 is 1.76 bits per heavy atom. The summed E-state index contributed by atoms with van der Waals surface area (Å²) in [6, 6.07) is 17.4. The number of amides is 1. The van der Waals surface area contributed by atoms with E-state index >= 15 is 0 Å². The number of carbonyl (C=O) groups excluding carboxylic acids is 3. The van der Waals surface area contributed by atoms with Gasteiger partial charge in [0.15, 0.2) is 5.78 Å². The van der Waals surface area contributed by atoms with Gasteiger partial charge in [-0.2, -0.15) is 0 Å². The largest absolute Gasteiger partial charge is 0.453 e. The Morgan fingerprint density at radius 1 is 1.07 bits per heavy atom. The van der Waals surface area contributed by atoms with Gasteiger partial charge in [-0.25, -0.2) is 9.78 Å². The van der Waals surface area contributed by atoms with Crippen molar-refractivity contribution in [1.29, 1.82) is 0 Å². The van der Waals surface area contributed by atoms with Crippen LogP contribution in [-0.4, -0.2) is 51.9 Å². The summed E-state index contributed by atoms with van der Waals surface area (Å²) in [6.45, 7) is 0.633. The maximum absolute atomic E-state index is 13.6. The average molecular weight is 574 g/mol. The first-order chi connectivity index (χ1) is 19.4. The number of H-pyrrole nitrogens is 1. The van der Waals surface area contributed by atoms with E-state index < -0.39 is 12.0 Å². The van der Waals surface area contributed by atoms with Crippen LogP contribution in [0, 0.1) is 0 Å². The Labute approximate surface area is 243 Å². The number of ether oxygens (including phenoxy) is 1. The fourth-order valence-electron chi connectivity index (χ4n) is 6.04. The monoisotopic (exact) mass is 573 g/mol. The molecule has 2 aromatic heterocycles. The number of rotatable bonds is 6. The zero-order valence-corrected chi connectivity index (χ0v) is 23.4. The summed E-state index contributed by atoms with van der Waals surface area (Å²) >= 11 is 0. The van der Waals surface area contributed by atoms with E-state index in [2.05, 4.69) is 25.9 Å². The van der Waals surface area contributed by atoms with Crippen LogP contribution in [0.25, 0.3) is 22.4 Å². The van der Waals surface area contributed by atoms with Crippen molar-refractivity contribution in [2.75, 3.05) is 13.7 Å². The highest BCUT2D eigenvalue weighted by atomic mass is 35.5. The van der Waals surface area contributed by atoms with Crippen molar-refractivity contribution < 1.29 is 19.1 Å². The van der Waals surface area contributed by atoms with Gasteiger partial charge in [0.25, 0.3) is 0 Å². The van der Waals surface area contributed by atoms with Crippen LogP contribution in [0.4, 0.5) is 4.79 Å². The van der Waals surface area contributed by atoms with E-state index in [-0.39, 0.29) is 42.5 Å². The molecule has 1 aliphatic carbocycles. The molecule has 1 amide bonds. The van der Waals surface area contributed by atoms with Crippen molar-refractivity contribution in [1.82, 2.24) is 19.9 Å². The Balaban J connectivity index is 0.00000337. The van der Waals surface area contributed by atoms with Crippen LogP contribution in [0.2, 0.25) is 0 Å². The summed E-state index contributed by atoms with van der Waals surface area (Å²) in [4.78, 5) is 45.5. The number of nitrogens with one attached hydrogen (secondary N) is 2. The summed E-state index contributed by atoms with van der Waals surface area (Å²) in [7, 11) is 1.34. The summed E-state index contributed by atoms with van der Waals surface area (Å²) < 4.78 is 6.97. The van der Waals surface area contributed by atoms with Crippen molar-refractivity contribution in [3.05, 3.63) is 89.6 Å². The van der Waals surface area contributed by atoms with Gasteiger partial charge in [-0.05, 0) is 41.2 Å². The molecule has 0 spiro atoms. The molecular weight excluding hydrogens is 542 g/mol. The van der Waals surface area contributed by atoms with E-state index in [1.54, 1.807) is 12.1 Å². The van der Waals surface area contributed by atoms with Gasteiger partial charge in [0.05, 0.1) is 31.5 Å². The van der Waals surface area contributed by atoms with Crippen LogP contribution in [0.3, 0.4) is 0 Å². The van der Waals surface area contributed by atoms with Gasteiger partial charge in [0.2, 0.25) is 0 Å². The van der Waals surface area contributed by atoms with E-state index in [9.17, 15) is 14.4 Å². The van der Waals surface area contributed by atoms with Crippen molar-refractivity contribution in [3.63, 3.8) is 0 Å². The van der Waals surface area contributed by atoms with E-state index in [0.29, 0.717) is 24.9 Å². The highest BCUT2D eigenvalue weighted by Crippen LogP contribution is 2.40. The molecule has 4 N–H and O–H groups in total. The molecule has 0 fully saturated rings. The number of aromatic amines is 1. The number of methoxy groups -OCH3 is 1. The van der Waals surface area contributed by atoms with Gasteiger partial charge in [-0.15, -0.1) is 12.4 Å². The van der Waals surface area contributed by atoms with Crippen LogP contribution < -0.4 is 11.1 Å². The topological polar surface area (TPSA) is 132 Å². The van der Waals surface area contributed by atoms with Crippen molar-refractivity contribution in [3.8, 4) is 22.4 Å². The minimum atomic E-state index is -0.513. The number of nitrogens with zero attached hydrogens (tertiary/aromatic N) is 2. The summed E-state index contributed by atoms with van der Waals surface area (Å²) in [5.41, 5.74) is 12.1. The highest BCUT2D eigenvalue weighted by Gasteiger charge is 2.41. The number of halogens is 1. The number of aromatic nitrogens is 3. The molecular formula is C31H32ClN5O4. The third-order valence-electron chi connectivity index (χ3n) is 8.12. The maximum atomic E-state index is 13.6. The average Bonchev–Trinajstić information content (AvgIpc) is 3.61. The molecule has 3 heterocycles. The first kappa shape index (κ1) is 28.3. The minimum Gasteiger partial charge on any atom is -0.453 e. The standard InChI is InChI=1S/C31H31N5O4.ClH/c1-40-31(39)35-24-11-10-22-12-13-36-17-23(14-26(37)28(24)29(22)36)30-33-16-25(34-30)20-6-2-18(3-7-20)19-4-8-21(9-5-19)27(38)15-32;/h2-9,12-13,16,23-24,28H,10-11,14-15,17,32H2,1H3,(H,33,34)(H,35,39);1H/t23-,24-,28?;/m0./s1. The smallest absolute Gasteiger partial charge is 0.407 e. The molecule has 2 aliphatic rings. The number of Topliss-reactive ketones (excluding diaryl/α,β-unsaturated/α-hetero) is 2. The second kappa shape index (κ2) is 11.7. The van der Waals surface area contributed by atoms with Gasteiger partial charge >= 0.3 is 6.09 Å². The minimum absolute atomic E-state index is 0. The van der Waals surface area contributed by atoms with Crippen LogP contribution in [0.5, 0.6) is 0 Å². The molecule has 3 atom stereocenters. The lowest BCUT2D eigenvalue weighted by atomic mass is 9.79. The number of aryl methyl sites for hydroxylation is 1. The Morgan fingerprint density at radius 3 is 2.44 bits per heavy atom. The first-order valence-electron chi connectivity index (χ1n) is 13.5. The van der Waals surface area contributed by atoms with Crippen LogP contribution in [0.15, 0.2) is 67.0 Å². The fraction of sp³-hybridized carbons (Fsp3) is 0.290. The van der Waals surface area contributed by atoms with Gasteiger partial charge in [-0.1, -0.05) is 48.5 Å². The van der Waals surface area contributed by atoms with Crippen LogP contribution in [-0.2, 0) is 22.5 Å². The molecule has 4 aromatic rings. The molecule has 0 bridgehead atoms. The maximum Gasteiger partial charge on any atom is 0.407 e. The number of benzene rings is 2. The normalized spacial score (nSPS) is 19.5. The van der Waals surface area contributed by atoms with Crippen molar-refractivity contribution in [2.24, 2.45) is 5.73 Å². The Kier molecular flexibility index (Phi) is 8.10. The second-order valence-electron chi connectivity index (χ2n) is 10.5. The molecule has 9 nitrogen and oxygen atoms in total. The molecule has 41 heavy (non-hydrogen) atoms. The Bertz CT molecular complexity index is 1570. The lowest BCUT2D eigenvalue weighted by Crippen LogP contribution is -2.44. The molecule has 1 unspecified atom stereocenters. The second-order valence-corrected chi connectivity index (χ2v) is 10.5. The third kappa shape index (κ3) is 5.42. The zero-order valence-electron chi connectivity index (χ0n) is 22.6. The lowest BCUT2D eigenvalue weighted by molar-refractivity contribution is -0.121. The molecule has 212 valence electrons. The van der Waals surface area contributed by atoms with Gasteiger partial charge < -0.3 is 25.3 Å². The molecule has 2 aromatic carbocycles. The molecule has 0 saturated heterocycles. The number of hydrogen-bond acceptors (Lipinski definition) is 6. The van der Waals surface area contributed by atoms with Gasteiger partial charge in [-0.3, -0.25) is 9.59 Å². The number of imidazole rings is 1. The SMILES string of the molecule is COC(=O)N[C@H]1CCc2ccn3c2C1C(=O)C[C@H](c1ncc(-c2ccc(-c4ccc(C(=O)CN)cc4)cc2)[nH]1)C3.Cl. The highest BCUT2D eigenvalue weighted by molar-refractivity contribution is 5.97. The first-order valence-corrected chi connectivity index (χ1v) is 13.5. The predicted octanol–water partition coefficient (Wildman–Crippen LogP) is 4.62. The number of nitrogens with two attached hydrogens (primary N) is 1. The Hall–Kier alpha value is -4.21. The molecule has 10 heteroatoms. The number of ketones is 2. The fourth-order valence-corrected chi connectivity index (χ4v) is 6.04. The molecule has 0 radical (unpaired) electrons. The predicted molar refractivity (Wildman–Crippen MR) is 157 cm³/mol. The number of alkyl carbamates (subject to hydrolysis) is 1. The van der Waals surface area contributed by atoms with E-state index in [1.807, 2.05) is 48.8 Å². The summed E-state index contributed by atoms with van der Waals surface area (Å²) in [6.07, 6.45) is 5.18. The van der Waals surface area contributed by atoms with Crippen molar-refractivity contribution >= 4 is 30.1 Å². The lowest BCUT2D eigenvalue weighted by Gasteiger charge is -2.31. The van der Waals surface area contributed by atoms with E-state index in [4.69, 9.17) is 10.5 Å². The summed E-state index contributed by atoms with van der Waals surface area (Å²) in [5, 5.41) is 2.89. The van der Waals surface area contributed by atoms with Gasteiger partial charge in [0, 0.05) is 42.4 Å². The number of hydrogen-bond donors (Lipinski definition) is 3. The van der Waals surface area contributed by atoms with E-state index in [1.165, 1.54) is 12.7 Å². The summed E-state index contributed by atoms with van der Waals surface area (Å²) in [5.74, 6) is 0.280. The van der Waals surface area contributed by atoms with Gasteiger partial charge in [0.1, 0.15) is 11.6 Å². The quantitative estimate of drug-likeness (QED) is 0.288. The van der Waals surface area contributed by atoms with Crippen molar-refractivity contribution in [2.45, 2.75) is 43.7 Å². The zero-order chi connectivity index (χ0) is 27.8. The molecule has 6 rings (SSSR count). The third-order valence-corrected chi connectivity index (χ3v) is 8.12. The number of carbonyl (C=O) groups is 3. The molecule has 1 aliphatic heterocycles. The van der Waals surface area contributed by atoms with E-state index in [0.717, 1.165) is 40.3 Å². The van der Waals surface area contributed by atoms with Crippen LogP contribution in [0.1, 0.15) is 52.1 Å². The molecule has 0 saturated carbocycles. The van der Waals surface area contributed by atoms with Crippen LogP contribution >= 0.6 is 12.4 Å².